The zero-order valence-corrected chi connectivity index (χ0v) is 9.61. The summed E-state index contributed by atoms with van der Waals surface area (Å²) < 4.78 is 5.22. The van der Waals surface area contributed by atoms with Crippen LogP contribution in [0.2, 0.25) is 0 Å². The minimum Gasteiger partial charge on any atom is -0.481 e. The van der Waals surface area contributed by atoms with Crippen LogP contribution in [0.15, 0.2) is 0 Å². The molecule has 4 nitrogen and oxygen atoms in total. The summed E-state index contributed by atoms with van der Waals surface area (Å²) in [4.78, 5) is 13.0. The van der Waals surface area contributed by atoms with Gasteiger partial charge in [-0.25, -0.2) is 0 Å². The number of methoxy groups -OCH3 is 1. The van der Waals surface area contributed by atoms with Crippen LogP contribution < -0.4 is 0 Å². The predicted octanol–water partition coefficient (Wildman–Crippen LogP) is 1.35. The van der Waals surface area contributed by atoms with E-state index < -0.39 is 5.97 Å². The number of nitrogens with zero attached hydrogens (tertiary/aromatic N) is 1. The predicted molar refractivity (Wildman–Crippen MR) is 57.9 cm³/mol. The van der Waals surface area contributed by atoms with Gasteiger partial charge >= 0.3 is 5.97 Å². The molecule has 0 radical (unpaired) electrons. The molecular formula is C11H21NO3. The Morgan fingerprint density at radius 2 is 2.33 bits per heavy atom. The van der Waals surface area contributed by atoms with Crippen LogP contribution in [0, 0.1) is 0 Å². The van der Waals surface area contributed by atoms with E-state index in [0.717, 1.165) is 25.9 Å². The first-order valence-electron chi connectivity index (χ1n) is 5.62. The summed E-state index contributed by atoms with van der Waals surface area (Å²) in [5.74, 6) is -0.697. The number of hydrogen-bond donors (Lipinski definition) is 1. The number of aliphatic carboxylic acids is 1. The number of carbonyl (C=O) groups is 1. The molecule has 1 fully saturated rings. The maximum atomic E-state index is 10.7. The Kier molecular flexibility index (Phi) is 5.05. The van der Waals surface area contributed by atoms with Crippen LogP contribution >= 0.6 is 0 Å². The molecule has 0 aromatic heterocycles. The third-order valence-corrected chi connectivity index (χ3v) is 3.05. The molecule has 4 heteroatoms. The van der Waals surface area contributed by atoms with E-state index in [1.165, 1.54) is 6.42 Å². The molecular weight excluding hydrogens is 194 g/mol. The van der Waals surface area contributed by atoms with Gasteiger partial charge in [-0.2, -0.15) is 0 Å². The monoisotopic (exact) mass is 215 g/mol. The average molecular weight is 215 g/mol. The Hall–Kier alpha value is -0.610. The Morgan fingerprint density at radius 3 is 2.93 bits per heavy atom. The molecule has 2 unspecified atom stereocenters. The SMILES string of the molecule is COC(C)CN1CCCCC1CC(=O)O. The van der Waals surface area contributed by atoms with Crippen LogP contribution in [-0.4, -0.2) is 48.3 Å². The van der Waals surface area contributed by atoms with E-state index in [4.69, 9.17) is 9.84 Å². The topological polar surface area (TPSA) is 49.8 Å². The van der Waals surface area contributed by atoms with Crippen molar-refractivity contribution < 1.29 is 14.6 Å². The summed E-state index contributed by atoms with van der Waals surface area (Å²) >= 11 is 0. The highest BCUT2D eigenvalue weighted by Gasteiger charge is 2.25. The van der Waals surface area contributed by atoms with Gasteiger partial charge in [-0.3, -0.25) is 9.69 Å². The van der Waals surface area contributed by atoms with Crippen molar-refractivity contribution >= 4 is 5.97 Å². The minimum atomic E-state index is -0.697. The molecule has 15 heavy (non-hydrogen) atoms. The van der Waals surface area contributed by atoms with E-state index >= 15 is 0 Å². The molecule has 1 saturated heterocycles. The number of ether oxygens (including phenoxy) is 1. The molecule has 0 aromatic carbocycles. The highest BCUT2D eigenvalue weighted by Crippen LogP contribution is 2.20. The smallest absolute Gasteiger partial charge is 0.304 e. The van der Waals surface area contributed by atoms with Crippen LogP contribution in [0.5, 0.6) is 0 Å². The van der Waals surface area contributed by atoms with Gasteiger partial charge in [0.25, 0.3) is 0 Å². The van der Waals surface area contributed by atoms with Crippen molar-refractivity contribution in [3.8, 4) is 0 Å². The van der Waals surface area contributed by atoms with Crippen LogP contribution in [0.1, 0.15) is 32.6 Å². The molecule has 1 N–H and O–H groups in total. The third kappa shape index (κ3) is 4.18. The van der Waals surface area contributed by atoms with Gasteiger partial charge in [0.15, 0.2) is 0 Å². The number of rotatable bonds is 5. The Labute approximate surface area is 91.2 Å². The van der Waals surface area contributed by atoms with Crippen molar-refractivity contribution in [2.24, 2.45) is 0 Å². The lowest BCUT2D eigenvalue weighted by Crippen LogP contribution is -2.44. The maximum absolute atomic E-state index is 10.7. The molecule has 0 aromatic rings. The largest absolute Gasteiger partial charge is 0.481 e. The highest BCUT2D eigenvalue weighted by molar-refractivity contribution is 5.67. The summed E-state index contributed by atoms with van der Waals surface area (Å²) in [6.07, 6.45) is 3.76. The first kappa shape index (κ1) is 12.5. The number of carboxylic acids is 1. The van der Waals surface area contributed by atoms with E-state index in [1.807, 2.05) is 6.92 Å². The summed E-state index contributed by atoms with van der Waals surface area (Å²) in [6.45, 7) is 3.87. The fourth-order valence-electron chi connectivity index (χ4n) is 2.14. The van der Waals surface area contributed by atoms with Crippen LogP contribution in [0.25, 0.3) is 0 Å². The first-order valence-corrected chi connectivity index (χ1v) is 5.62. The van der Waals surface area contributed by atoms with Crippen molar-refractivity contribution in [3.63, 3.8) is 0 Å². The molecule has 0 amide bonds. The molecule has 1 aliphatic heterocycles. The van der Waals surface area contributed by atoms with Crippen molar-refractivity contribution in [3.05, 3.63) is 0 Å². The second kappa shape index (κ2) is 6.08. The number of carboxylic acid groups (broad SMARTS) is 1. The molecule has 1 aliphatic rings. The van der Waals surface area contributed by atoms with Gasteiger partial charge in [0, 0.05) is 19.7 Å². The van der Waals surface area contributed by atoms with Crippen molar-refractivity contribution in [1.82, 2.24) is 4.90 Å². The lowest BCUT2D eigenvalue weighted by atomic mass is 9.99. The molecule has 1 rings (SSSR count). The molecule has 0 aliphatic carbocycles. The standard InChI is InChI=1S/C11H21NO3/c1-9(15-2)8-12-6-4-3-5-10(12)7-11(13)14/h9-10H,3-8H2,1-2H3,(H,13,14). The average Bonchev–Trinajstić information content (AvgIpc) is 2.20. The molecule has 0 saturated carbocycles. The molecule has 88 valence electrons. The number of piperidine rings is 1. The highest BCUT2D eigenvalue weighted by atomic mass is 16.5. The Morgan fingerprint density at radius 1 is 1.60 bits per heavy atom. The van der Waals surface area contributed by atoms with Crippen LogP contribution in [0.4, 0.5) is 0 Å². The van der Waals surface area contributed by atoms with Crippen LogP contribution in [0.3, 0.4) is 0 Å². The lowest BCUT2D eigenvalue weighted by Gasteiger charge is -2.36. The number of likely N-dealkylation sites (tertiary alicyclic amines) is 1. The molecule has 0 spiro atoms. The fourth-order valence-corrected chi connectivity index (χ4v) is 2.14. The van der Waals surface area contributed by atoms with E-state index in [0.29, 0.717) is 0 Å². The molecule has 2 atom stereocenters. The van der Waals surface area contributed by atoms with Gasteiger partial charge in [-0.15, -0.1) is 0 Å². The van der Waals surface area contributed by atoms with Crippen molar-refractivity contribution in [2.75, 3.05) is 20.2 Å². The second-order valence-electron chi connectivity index (χ2n) is 4.29. The zero-order chi connectivity index (χ0) is 11.3. The summed E-state index contributed by atoms with van der Waals surface area (Å²) in [5, 5.41) is 8.82. The van der Waals surface area contributed by atoms with Crippen LogP contribution in [-0.2, 0) is 9.53 Å². The maximum Gasteiger partial charge on any atom is 0.304 e. The van der Waals surface area contributed by atoms with Gasteiger partial charge in [0.1, 0.15) is 0 Å². The second-order valence-corrected chi connectivity index (χ2v) is 4.29. The normalized spacial score (nSPS) is 25.1. The van der Waals surface area contributed by atoms with E-state index in [1.54, 1.807) is 7.11 Å². The Balaban J connectivity index is 2.45. The fraction of sp³-hybridized carbons (Fsp3) is 0.909. The Bertz CT molecular complexity index is 208. The zero-order valence-electron chi connectivity index (χ0n) is 9.61. The quantitative estimate of drug-likeness (QED) is 0.752. The first-order chi connectivity index (χ1) is 7.13. The van der Waals surface area contributed by atoms with E-state index in [2.05, 4.69) is 4.90 Å². The summed E-state index contributed by atoms with van der Waals surface area (Å²) in [7, 11) is 1.70. The van der Waals surface area contributed by atoms with Gasteiger partial charge in [-0.05, 0) is 26.3 Å². The van der Waals surface area contributed by atoms with Gasteiger partial charge in [0.2, 0.25) is 0 Å². The molecule has 0 bridgehead atoms. The third-order valence-electron chi connectivity index (χ3n) is 3.05. The van der Waals surface area contributed by atoms with E-state index in [9.17, 15) is 4.79 Å². The lowest BCUT2D eigenvalue weighted by molar-refractivity contribution is -0.139. The summed E-state index contributed by atoms with van der Waals surface area (Å²) in [6, 6.07) is 0.203. The van der Waals surface area contributed by atoms with Crippen molar-refractivity contribution in [1.29, 1.82) is 0 Å². The summed E-state index contributed by atoms with van der Waals surface area (Å²) in [5.41, 5.74) is 0. The van der Waals surface area contributed by atoms with Crippen molar-refractivity contribution in [2.45, 2.75) is 44.8 Å². The van der Waals surface area contributed by atoms with Gasteiger partial charge in [0.05, 0.1) is 12.5 Å². The minimum absolute atomic E-state index is 0.180. The molecule has 1 heterocycles. The van der Waals surface area contributed by atoms with E-state index in [-0.39, 0.29) is 18.6 Å². The number of hydrogen-bond acceptors (Lipinski definition) is 3. The van der Waals surface area contributed by atoms with Gasteiger partial charge in [-0.1, -0.05) is 6.42 Å². The van der Waals surface area contributed by atoms with Gasteiger partial charge < -0.3 is 9.84 Å².